The van der Waals surface area contributed by atoms with Gasteiger partial charge in [-0.2, -0.15) is 4.98 Å². The third kappa shape index (κ3) is 4.05. The summed E-state index contributed by atoms with van der Waals surface area (Å²) in [4.78, 5) is 8.65. The minimum atomic E-state index is -2.88. The summed E-state index contributed by atoms with van der Waals surface area (Å²) in [5.41, 5.74) is 0.858. The van der Waals surface area contributed by atoms with Crippen molar-refractivity contribution in [2.45, 2.75) is 32.7 Å². The second-order valence-corrected chi connectivity index (χ2v) is 7.12. The molecule has 1 aliphatic rings. The molecule has 2 rings (SSSR count). The predicted octanol–water partition coefficient (Wildman–Crippen LogP) is 1.21. The van der Waals surface area contributed by atoms with Crippen LogP contribution in [0.25, 0.3) is 0 Å². The van der Waals surface area contributed by atoms with Gasteiger partial charge in [0.25, 0.3) is 0 Å². The van der Waals surface area contributed by atoms with Crippen LogP contribution in [-0.2, 0) is 9.84 Å². The van der Waals surface area contributed by atoms with E-state index in [-0.39, 0.29) is 17.5 Å². The van der Waals surface area contributed by atoms with Crippen molar-refractivity contribution >= 4 is 21.6 Å². The fourth-order valence-corrected chi connectivity index (χ4v) is 3.74. The quantitative estimate of drug-likeness (QED) is 0.845. The molecule has 1 aromatic rings. The number of nitrogens with one attached hydrogen (secondary N) is 2. The normalized spacial score (nSPS) is 21.3. The maximum absolute atomic E-state index is 11.4. The topological polar surface area (TPSA) is 84.0 Å². The van der Waals surface area contributed by atoms with Gasteiger partial charge >= 0.3 is 0 Å². The number of anilines is 2. The Kier molecular flexibility index (Phi) is 4.24. The molecule has 7 heteroatoms. The van der Waals surface area contributed by atoms with Gasteiger partial charge in [-0.1, -0.05) is 6.92 Å². The lowest BCUT2D eigenvalue weighted by Gasteiger charge is -2.12. The van der Waals surface area contributed by atoms with E-state index in [4.69, 9.17) is 0 Å². The number of aromatic nitrogens is 2. The molecule has 0 bridgehead atoms. The number of aryl methyl sites for hydroxylation is 1. The molecule has 1 saturated heterocycles. The van der Waals surface area contributed by atoms with E-state index in [0.717, 1.165) is 24.5 Å². The van der Waals surface area contributed by atoms with E-state index in [1.165, 1.54) is 0 Å². The van der Waals surface area contributed by atoms with Crippen molar-refractivity contribution in [3.8, 4) is 0 Å². The molecule has 0 amide bonds. The Balaban J connectivity index is 2.06. The Labute approximate surface area is 114 Å². The lowest BCUT2D eigenvalue weighted by molar-refractivity contribution is 0.602. The highest BCUT2D eigenvalue weighted by atomic mass is 32.2. The van der Waals surface area contributed by atoms with Crippen LogP contribution in [0.2, 0.25) is 0 Å². The fourth-order valence-electron chi connectivity index (χ4n) is 2.07. The maximum atomic E-state index is 11.4. The number of hydrogen-bond acceptors (Lipinski definition) is 6. The molecule has 0 spiro atoms. The van der Waals surface area contributed by atoms with E-state index in [9.17, 15) is 8.42 Å². The van der Waals surface area contributed by atoms with Gasteiger partial charge in [0, 0.05) is 24.3 Å². The highest BCUT2D eigenvalue weighted by Gasteiger charge is 2.28. The molecule has 1 fully saturated rings. The Morgan fingerprint density at radius 2 is 2.21 bits per heavy atom. The molecule has 1 aromatic heterocycles. The van der Waals surface area contributed by atoms with Gasteiger partial charge in [0.05, 0.1) is 11.5 Å². The summed E-state index contributed by atoms with van der Waals surface area (Å²) < 4.78 is 22.8. The first-order valence-electron chi connectivity index (χ1n) is 6.55. The van der Waals surface area contributed by atoms with E-state index in [1.807, 2.05) is 13.0 Å². The van der Waals surface area contributed by atoms with Crippen molar-refractivity contribution < 1.29 is 8.42 Å². The first kappa shape index (κ1) is 14.0. The molecule has 0 saturated carbocycles. The molecule has 0 radical (unpaired) electrons. The van der Waals surface area contributed by atoms with Crippen molar-refractivity contribution in [2.24, 2.45) is 0 Å². The summed E-state index contributed by atoms with van der Waals surface area (Å²) in [6, 6.07) is 1.80. The number of nitrogens with zero attached hydrogens (tertiary/aromatic N) is 2. The van der Waals surface area contributed by atoms with Crippen LogP contribution >= 0.6 is 0 Å². The Hall–Kier alpha value is -1.37. The van der Waals surface area contributed by atoms with Gasteiger partial charge in [-0.05, 0) is 19.8 Å². The van der Waals surface area contributed by atoms with Crippen LogP contribution in [0.5, 0.6) is 0 Å². The van der Waals surface area contributed by atoms with E-state index in [2.05, 4.69) is 27.5 Å². The average molecular weight is 284 g/mol. The van der Waals surface area contributed by atoms with Crippen molar-refractivity contribution in [1.29, 1.82) is 0 Å². The van der Waals surface area contributed by atoms with Crippen LogP contribution in [-0.4, -0.2) is 42.5 Å². The van der Waals surface area contributed by atoms with Gasteiger partial charge in [-0.15, -0.1) is 0 Å². The second-order valence-electron chi connectivity index (χ2n) is 4.89. The highest BCUT2D eigenvalue weighted by Crippen LogP contribution is 2.17. The number of rotatable bonds is 5. The summed E-state index contributed by atoms with van der Waals surface area (Å²) in [5, 5.41) is 6.32. The molecule has 106 valence electrons. The zero-order valence-corrected chi connectivity index (χ0v) is 12.1. The molecule has 2 N–H and O–H groups in total. The third-order valence-corrected chi connectivity index (χ3v) is 4.74. The molecule has 1 unspecified atom stereocenters. The van der Waals surface area contributed by atoms with Gasteiger partial charge in [0.2, 0.25) is 5.95 Å². The fraction of sp³-hybridized carbons (Fsp3) is 0.667. The van der Waals surface area contributed by atoms with Crippen molar-refractivity contribution in [3.05, 3.63) is 11.8 Å². The molecule has 1 atom stereocenters. The van der Waals surface area contributed by atoms with Crippen molar-refractivity contribution in [2.75, 3.05) is 28.7 Å². The van der Waals surface area contributed by atoms with Gasteiger partial charge in [0.1, 0.15) is 5.82 Å². The van der Waals surface area contributed by atoms with E-state index < -0.39 is 9.84 Å². The van der Waals surface area contributed by atoms with Crippen molar-refractivity contribution in [3.63, 3.8) is 0 Å². The smallest absolute Gasteiger partial charge is 0.225 e. The number of hydrogen-bond donors (Lipinski definition) is 2. The molecule has 2 heterocycles. The molecule has 0 aromatic carbocycles. The summed E-state index contributed by atoms with van der Waals surface area (Å²) in [6.45, 7) is 4.84. The Morgan fingerprint density at radius 1 is 1.42 bits per heavy atom. The van der Waals surface area contributed by atoms with Crippen LogP contribution in [0, 0.1) is 6.92 Å². The lowest BCUT2D eigenvalue weighted by atomic mass is 10.3. The molecule has 1 aliphatic heterocycles. The zero-order valence-electron chi connectivity index (χ0n) is 11.3. The summed E-state index contributed by atoms with van der Waals surface area (Å²) in [5.74, 6) is 1.69. The van der Waals surface area contributed by atoms with E-state index >= 15 is 0 Å². The standard InChI is InChI=1S/C12H20N4O2S/c1-3-5-13-11-7-9(2)14-12(16-11)15-10-4-6-19(17,18)8-10/h7,10H,3-6,8H2,1-2H3,(H2,13,14,15,16). The third-order valence-electron chi connectivity index (χ3n) is 2.98. The van der Waals surface area contributed by atoms with Crippen LogP contribution in [0.1, 0.15) is 25.5 Å². The molecular formula is C12H20N4O2S. The zero-order chi connectivity index (χ0) is 13.9. The lowest BCUT2D eigenvalue weighted by Crippen LogP contribution is -2.22. The summed E-state index contributed by atoms with van der Waals surface area (Å²) in [6.07, 6.45) is 1.64. The number of sulfone groups is 1. The minimum absolute atomic E-state index is 0.0779. The molecule has 0 aliphatic carbocycles. The Morgan fingerprint density at radius 3 is 2.84 bits per heavy atom. The van der Waals surface area contributed by atoms with Gasteiger partial charge in [0.15, 0.2) is 9.84 Å². The largest absolute Gasteiger partial charge is 0.370 e. The SMILES string of the molecule is CCCNc1cc(C)nc(NC2CCS(=O)(=O)C2)n1. The summed E-state index contributed by atoms with van der Waals surface area (Å²) in [7, 11) is -2.88. The van der Waals surface area contributed by atoms with Crippen LogP contribution < -0.4 is 10.6 Å². The summed E-state index contributed by atoms with van der Waals surface area (Å²) >= 11 is 0. The minimum Gasteiger partial charge on any atom is -0.370 e. The first-order valence-corrected chi connectivity index (χ1v) is 8.37. The van der Waals surface area contributed by atoms with Gasteiger partial charge < -0.3 is 10.6 Å². The highest BCUT2D eigenvalue weighted by molar-refractivity contribution is 7.91. The average Bonchev–Trinajstić information content (AvgIpc) is 2.65. The monoisotopic (exact) mass is 284 g/mol. The van der Waals surface area contributed by atoms with Crippen LogP contribution in [0.3, 0.4) is 0 Å². The molecule has 6 nitrogen and oxygen atoms in total. The van der Waals surface area contributed by atoms with E-state index in [0.29, 0.717) is 12.4 Å². The van der Waals surface area contributed by atoms with Crippen LogP contribution in [0.4, 0.5) is 11.8 Å². The van der Waals surface area contributed by atoms with E-state index in [1.54, 1.807) is 0 Å². The predicted molar refractivity (Wildman–Crippen MR) is 76.2 cm³/mol. The van der Waals surface area contributed by atoms with Gasteiger partial charge in [-0.25, -0.2) is 13.4 Å². The first-order chi connectivity index (χ1) is 8.98. The Bertz CT molecular complexity index is 545. The van der Waals surface area contributed by atoms with Crippen molar-refractivity contribution in [1.82, 2.24) is 9.97 Å². The van der Waals surface area contributed by atoms with Crippen LogP contribution in [0.15, 0.2) is 6.07 Å². The van der Waals surface area contributed by atoms with Gasteiger partial charge in [-0.3, -0.25) is 0 Å². The molecule has 19 heavy (non-hydrogen) atoms. The maximum Gasteiger partial charge on any atom is 0.225 e. The molecular weight excluding hydrogens is 264 g/mol. The second kappa shape index (κ2) is 5.73.